The van der Waals surface area contributed by atoms with E-state index in [1.165, 1.54) is 0 Å². The van der Waals surface area contributed by atoms with Gasteiger partial charge in [0.15, 0.2) is 0 Å². The van der Waals surface area contributed by atoms with Crippen LogP contribution in [0.1, 0.15) is 15.9 Å². The summed E-state index contributed by atoms with van der Waals surface area (Å²) in [6.07, 6.45) is 5.35. The van der Waals surface area contributed by atoms with Crippen molar-refractivity contribution < 1.29 is 9.59 Å². The molecule has 4 aromatic rings. The van der Waals surface area contributed by atoms with Gasteiger partial charge in [-0.25, -0.2) is 0 Å². The minimum atomic E-state index is -0.812. The van der Waals surface area contributed by atoms with Gasteiger partial charge in [-0.3, -0.25) is 14.6 Å². The topological polar surface area (TPSA) is 86.9 Å². The van der Waals surface area contributed by atoms with Crippen LogP contribution in [0, 0.1) is 0 Å². The monoisotopic (exact) mass is 418 g/mol. The molecular formula is C23H19ClN4O2. The number of aromatic nitrogens is 2. The van der Waals surface area contributed by atoms with Crippen molar-refractivity contribution in [2.75, 3.05) is 5.32 Å². The van der Waals surface area contributed by atoms with Crippen LogP contribution in [0.4, 0.5) is 5.69 Å². The largest absolute Gasteiger partial charge is 0.361 e. The third-order valence-electron chi connectivity index (χ3n) is 4.77. The Bertz CT molecular complexity index is 1190. The lowest BCUT2D eigenvalue weighted by Crippen LogP contribution is -2.45. The van der Waals surface area contributed by atoms with Crippen LogP contribution in [0.2, 0.25) is 5.02 Å². The summed E-state index contributed by atoms with van der Waals surface area (Å²) < 4.78 is 0. The molecule has 2 aromatic carbocycles. The highest BCUT2D eigenvalue weighted by Gasteiger charge is 2.24. The summed E-state index contributed by atoms with van der Waals surface area (Å²) >= 11 is 6.16. The van der Waals surface area contributed by atoms with Crippen molar-refractivity contribution in [2.45, 2.75) is 12.5 Å². The molecule has 30 heavy (non-hydrogen) atoms. The number of H-pyrrole nitrogens is 1. The second-order valence-corrected chi connectivity index (χ2v) is 7.21. The minimum Gasteiger partial charge on any atom is -0.361 e. The van der Waals surface area contributed by atoms with Crippen LogP contribution < -0.4 is 10.6 Å². The summed E-state index contributed by atoms with van der Waals surface area (Å²) in [6.45, 7) is 0. The van der Waals surface area contributed by atoms with E-state index >= 15 is 0 Å². The first-order valence-corrected chi connectivity index (χ1v) is 9.81. The van der Waals surface area contributed by atoms with E-state index in [9.17, 15) is 9.59 Å². The van der Waals surface area contributed by atoms with Gasteiger partial charge in [-0.15, -0.1) is 0 Å². The molecule has 0 bridgehead atoms. The van der Waals surface area contributed by atoms with Crippen LogP contribution in [0.5, 0.6) is 0 Å². The number of carbonyl (C=O) groups excluding carboxylic acids is 2. The van der Waals surface area contributed by atoms with Crippen LogP contribution in [-0.4, -0.2) is 27.8 Å². The highest BCUT2D eigenvalue weighted by atomic mass is 35.5. The van der Waals surface area contributed by atoms with E-state index in [1.807, 2.05) is 30.5 Å². The number of halogens is 1. The predicted octanol–water partition coefficient (Wildman–Crippen LogP) is 4.20. The summed E-state index contributed by atoms with van der Waals surface area (Å²) in [5, 5.41) is 6.97. The van der Waals surface area contributed by atoms with E-state index in [0.717, 1.165) is 16.5 Å². The lowest BCUT2D eigenvalue weighted by atomic mass is 10.0. The first-order chi connectivity index (χ1) is 14.6. The number of hydrogen-bond acceptors (Lipinski definition) is 3. The number of aromatic amines is 1. The summed E-state index contributed by atoms with van der Waals surface area (Å²) in [5.74, 6) is -0.750. The van der Waals surface area contributed by atoms with Gasteiger partial charge in [0.05, 0.1) is 22.5 Å². The molecule has 150 valence electrons. The second kappa shape index (κ2) is 8.80. The van der Waals surface area contributed by atoms with Crippen molar-refractivity contribution in [2.24, 2.45) is 0 Å². The Hall–Kier alpha value is -3.64. The fourth-order valence-corrected chi connectivity index (χ4v) is 3.50. The van der Waals surface area contributed by atoms with E-state index < -0.39 is 11.9 Å². The molecule has 0 saturated carbocycles. The third kappa shape index (κ3) is 4.34. The van der Waals surface area contributed by atoms with Gasteiger partial charge in [0.25, 0.3) is 5.91 Å². The van der Waals surface area contributed by atoms with Gasteiger partial charge in [0.1, 0.15) is 6.04 Å². The number of fused-ring (bicyclic) bond motifs is 1. The minimum absolute atomic E-state index is 0.312. The number of nitrogens with zero attached hydrogens (tertiary/aromatic N) is 1. The van der Waals surface area contributed by atoms with Gasteiger partial charge in [0, 0.05) is 29.7 Å². The Labute approximate surface area is 178 Å². The molecule has 0 saturated heterocycles. The fraction of sp³-hybridized carbons (Fsp3) is 0.0870. The van der Waals surface area contributed by atoms with Crippen molar-refractivity contribution in [1.29, 1.82) is 0 Å². The number of rotatable bonds is 6. The fourth-order valence-electron chi connectivity index (χ4n) is 3.28. The molecule has 0 aliphatic carbocycles. The highest BCUT2D eigenvalue weighted by molar-refractivity contribution is 6.33. The third-order valence-corrected chi connectivity index (χ3v) is 5.10. The van der Waals surface area contributed by atoms with E-state index in [1.54, 1.807) is 48.8 Å². The van der Waals surface area contributed by atoms with Crippen LogP contribution >= 0.6 is 11.6 Å². The molecule has 2 amide bonds. The molecule has 0 radical (unpaired) electrons. The smallest absolute Gasteiger partial charge is 0.253 e. The quantitative estimate of drug-likeness (QED) is 0.438. The van der Waals surface area contributed by atoms with E-state index in [4.69, 9.17) is 11.6 Å². The number of anilines is 1. The summed E-state index contributed by atoms with van der Waals surface area (Å²) in [7, 11) is 0. The molecule has 6 nitrogen and oxygen atoms in total. The lowest BCUT2D eigenvalue weighted by Gasteiger charge is -2.19. The van der Waals surface area contributed by atoms with E-state index in [0.29, 0.717) is 22.7 Å². The zero-order valence-corrected chi connectivity index (χ0v) is 16.7. The predicted molar refractivity (Wildman–Crippen MR) is 118 cm³/mol. The van der Waals surface area contributed by atoms with E-state index in [2.05, 4.69) is 20.6 Å². The number of pyridine rings is 1. The Morgan fingerprint density at radius 3 is 2.63 bits per heavy atom. The molecule has 1 unspecified atom stereocenters. The summed E-state index contributed by atoms with van der Waals surface area (Å²) in [4.78, 5) is 33.1. The highest BCUT2D eigenvalue weighted by Crippen LogP contribution is 2.20. The SMILES string of the molecule is O=C(NC(Cc1c[nH]c2ccccc12)C(=O)Nc1cccnc1)c1ccccc1Cl. The molecule has 2 heterocycles. The van der Waals surface area contributed by atoms with Crippen LogP contribution in [0.3, 0.4) is 0 Å². The van der Waals surface area contributed by atoms with Crippen molar-refractivity contribution in [1.82, 2.24) is 15.3 Å². The first kappa shape index (κ1) is 19.7. The van der Waals surface area contributed by atoms with Gasteiger partial charge in [0.2, 0.25) is 5.91 Å². The number of nitrogens with one attached hydrogen (secondary N) is 3. The van der Waals surface area contributed by atoms with E-state index in [-0.39, 0.29) is 5.91 Å². The maximum Gasteiger partial charge on any atom is 0.253 e. The van der Waals surface area contributed by atoms with Crippen molar-refractivity contribution >= 4 is 40.0 Å². The van der Waals surface area contributed by atoms with Gasteiger partial charge in [-0.1, -0.05) is 41.9 Å². The Balaban J connectivity index is 1.61. The second-order valence-electron chi connectivity index (χ2n) is 6.80. The summed E-state index contributed by atoms with van der Waals surface area (Å²) in [5.41, 5.74) is 2.77. The maximum absolute atomic E-state index is 13.0. The Kier molecular flexibility index (Phi) is 5.77. The number of para-hydroxylation sites is 1. The molecule has 0 spiro atoms. The molecular weight excluding hydrogens is 400 g/mol. The number of hydrogen-bond donors (Lipinski definition) is 3. The Morgan fingerprint density at radius 2 is 1.83 bits per heavy atom. The average Bonchev–Trinajstić information content (AvgIpc) is 3.17. The number of benzene rings is 2. The molecule has 2 aromatic heterocycles. The van der Waals surface area contributed by atoms with Crippen molar-refractivity contribution in [3.8, 4) is 0 Å². The van der Waals surface area contributed by atoms with Gasteiger partial charge in [-0.05, 0) is 35.9 Å². The van der Waals surface area contributed by atoms with Crippen LogP contribution in [0.25, 0.3) is 10.9 Å². The number of carbonyl (C=O) groups is 2. The van der Waals surface area contributed by atoms with Crippen LogP contribution in [0.15, 0.2) is 79.3 Å². The van der Waals surface area contributed by atoms with Gasteiger partial charge >= 0.3 is 0 Å². The normalized spacial score (nSPS) is 11.8. The summed E-state index contributed by atoms with van der Waals surface area (Å²) in [6, 6.07) is 17.2. The van der Waals surface area contributed by atoms with Crippen LogP contribution in [-0.2, 0) is 11.2 Å². The number of amides is 2. The zero-order chi connectivity index (χ0) is 20.9. The Morgan fingerprint density at radius 1 is 1.03 bits per heavy atom. The first-order valence-electron chi connectivity index (χ1n) is 9.43. The van der Waals surface area contributed by atoms with Gasteiger partial charge < -0.3 is 15.6 Å². The zero-order valence-electron chi connectivity index (χ0n) is 15.9. The van der Waals surface area contributed by atoms with Crippen molar-refractivity contribution in [3.05, 3.63) is 95.4 Å². The maximum atomic E-state index is 13.0. The molecule has 4 rings (SSSR count). The molecule has 0 aliphatic rings. The lowest BCUT2D eigenvalue weighted by molar-refractivity contribution is -0.118. The molecule has 0 fully saturated rings. The average molecular weight is 419 g/mol. The molecule has 7 heteroatoms. The standard InChI is InChI=1S/C23H19ClN4O2/c24-19-9-3-1-8-18(19)22(29)28-21(23(30)27-16-6-5-11-25-14-16)12-15-13-26-20-10-4-2-7-17(15)20/h1-11,13-14,21,26H,12H2,(H,27,30)(H,28,29). The van der Waals surface area contributed by atoms with Gasteiger partial charge in [-0.2, -0.15) is 0 Å². The molecule has 1 atom stereocenters. The van der Waals surface area contributed by atoms with Crippen molar-refractivity contribution in [3.63, 3.8) is 0 Å². The molecule has 0 aliphatic heterocycles. The molecule has 3 N–H and O–H groups in total.